The molecule has 3 aromatic rings. The van der Waals surface area contributed by atoms with Gasteiger partial charge < -0.3 is 4.52 Å². The van der Waals surface area contributed by atoms with Crippen molar-refractivity contribution >= 4 is 23.4 Å². The van der Waals surface area contributed by atoms with Gasteiger partial charge in [0.1, 0.15) is 0 Å². The molecule has 0 unspecified atom stereocenters. The maximum atomic E-state index is 6.02. The predicted octanol–water partition coefficient (Wildman–Crippen LogP) is 3.51. The Morgan fingerprint density at radius 2 is 2.30 bits per heavy atom. The van der Waals surface area contributed by atoms with Crippen molar-refractivity contribution < 1.29 is 4.52 Å². The van der Waals surface area contributed by atoms with E-state index in [1.54, 1.807) is 24.9 Å². The lowest BCUT2D eigenvalue weighted by Crippen LogP contribution is -1.95. The predicted molar refractivity (Wildman–Crippen MR) is 77.2 cm³/mol. The Morgan fingerprint density at radius 1 is 1.40 bits per heavy atom. The van der Waals surface area contributed by atoms with Crippen molar-refractivity contribution in [3.05, 3.63) is 53.4 Å². The Hall–Kier alpha value is -1.79. The van der Waals surface area contributed by atoms with Gasteiger partial charge in [-0.25, -0.2) is 4.98 Å². The number of hydrogen-bond donors (Lipinski definition) is 0. The van der Waals surface area contributed by atoms with Crippen molar-refractivity contribution in [1.29, 1.82) is 0 Å². The number of thioether (sulfide) groups is 1. The van der Waals surface area contributed by atoms with Crippen molar-refractivity contribution in [1.82, 2.24) is 19.7 Å². The number of aromatic nitrogens is 4. The smallest absolute Gasteiger partial charge is 0.223 e. The fourth-order valence-corrected chi connectivity index (χ4v) is 2.75. The minimum atomic E-state index is 0.568. The van der Waals surface area contributed by atoms with Gasteiger partial charge >= 0.3 is 0 Å². The van der Waals surface area contributed by atoms with E-state index in [-0.39, 0.29) is 0 Å². The third kappa shape index (κ3) is 2.86. The summed E-state index contributed by atoms with van der Waals surface area (Å²) in [6, 6.07) is 7.63. The van der Waals surface area contributed by atoms with E-state index in [1.165, 1.54) is 0 Å². The number of rotatable bonds is 4. The van der Waals surface area contributed by atoms with Crippen molar-refractivity contribution in [2.45, 2.75) is 17.8 Å². The second kappa shape index (κ2) is 5.68. The molecule has 2 aromatic heterocycles. The van der Waals surface area contributed by atoms with Crippen LogP contribution < -0.4 is 0 Å². The van der Waals surface area contributed by atoms with Gasteiger partial charge in [0, 0.05) is 30.0 Å². The molecule has 0 aliphatic carbocycles. The summed E-state index contributed by atoms with van der Waals surface area (Å²) in [6.45, 7) is 1.77. The quantitative estimate of drug-likeness (QED) is 0.690. The largest absolute Gasteiger partial charge is 0.340 e. The molecule has 0 saturated carbocycles. The molecule has 0 amide bonds. The van der Waals surface area contributed by atoms with Crippen molar-refractivity contribution in [2.24, 2.45) is 0 Å². The van der Waals surface area contributed by atoms with Gasteiger partial charge in [-0.2, -0.15) is 4.98 Å². The third-order valence-corrected chi connectivity index (χ3v) is 3.79. The monoisotopic (exact) mass is 306 g/mol. The van der Waals surface area contributed by atoms with E-state index >= 15 is 0 Å². The molecular formula is C13H11ClN4OS. The fourth-order valence-electron chi connectivity index (χ4n) is 1.75. The molecular weight excluding hydrogens is 296 g/mol. The molecule has 0 aliphatic rings. The maximum absolute atomic E-state index is 6.02. The Bertz CT molecular complexity index is 724. The first-order valence-corrected chi connectivity index (χ1v) is 7.30. The van der Waals surface area contributed by atoms with E-state index in [0.717, 1.165) is 10.8 Å². The second-order valence-electron chi connectivity index (χ2n) is 4.08. The van der Waals surface area contributed by atoms with Crippen LogP contribution in [0, 0.1) is 6.92 Å². The number of halogens is 1. The van der Waals surface area contributed by atoms with Crippen molar-refractivity contribution in [3.8, 4) is 5.69 Å². The normalized spacial score (nSPS) is 10.9. The first-order valence-electron chi connectivity index (χ1n) is 5.93. The van der Waals surface area contributed by atoms with Gasteiger partial charge in [0.05, 0.1) is 5.75 Å². The maximum Gasteiger partial charge on any atom is 0.223 e. The van der Waals surface area contributed by atoms with Crippen LogP contribution in [0.4, 0.5) is 0 Å². The first kappa shape index (κ1) is 13.2. The molecule has 0 atom stereocenters. The van der Waals surface area contributed by atoms with Gasteiger partial charge in [0.2, 0.25) is 5.89 Å². The van der Waals surface area contributed by atoms with E-state index in [2.05, 4.69) is 15.1 Å². The second-order valence-corrected chi connectivity index (χ2v) is 5.46. The van der Waals surface area contributed by atoms with E-state index in [1.807, 2.05) is 35.0 Å². The Labute approximate surface area is 125 Å². The fraction of sp³-hybridized carbons (Fsp3) is 0.154. The van der Waals surface area contributed by atoms with Gasteiger partial charge in [-0.3, -0.25) is 4.57 Å². The molecule has 0 spiro atoms. The minimum absolute atomic E-state index is 0.568. The molecule has 3 rings (SSSR count). The van der Waals surface area contributed by atoms with Crippen molar-refractivity contribution in [2.75, 3.05) is 0 Å². The molecule has 0 radical (unpaired) electrons. The van der Waals surface area contributed by atoms with Gasteiger partial charge in [-0.1, -0.05) is 34.6 Å². The molecule has 0 aliphatic heterocycles. The third-order valence-electron chi connectivity index (χ3n) is 2.59. The topological polar surface area (TPSA) is 56.7 Å². The molecule has 0 fully saturated rings. The standard InChI is InChI=1S/C13H11ClN4OS/c1-9-16-12(17-19-9)8-20-13-15-5-6-18(13)11-4-2-3-10(14)7-11/h2-7H,8H2,1H3. The van der Waals surface area contributed by atoms with E-state index in [9.17, 15) is 0 Å². The molecule has 102 valence electrons. The lowest BCUT2D eigenvalue weighted by molar-refractivity contribution is 0.389. The summed E-state index contributed by atoms with van der Waals surface area (Å²) in [4.78, 5) is 8.51. The lowest BCUT2D eigenvalue weighted by Gasteiger charge is -2.06. The molecule has 20 heavy (non-hydrogen) atoms. The van der Waals surface area contributed by atoms with Gasteiger partial charge in [-0.05, 0) is 18.2 Å². The average Bonchev–Trinajstić information content (AvgIpc) is 3.05. The number of imidazole rings is 1. The van der Waals surface area contributed by atoms with Crippen LogP contribution >= 0.6 is 23.4 Å². The zero-order chi connectivity index (χ0) is 13.9. The summed E-state index contributed by atoms with van der Waals surface area (Å²) in [5, 5.41) is 5.42. The number of hydrogen-bond acceptors (Lipinski definition) is 5. The molecule has 0 bridgehead atoms. The lowest BCUT2D eigenvalue weighted by atomic mass is 10.3. The van der Waals surface area contributed by atoms with E-state index in [4.69, 9.17) is 16.1 Å². The van der Waals surface area contributed by atoms with Crippen LogP contribution in [-0.4, -0.2) is 19.7 Å². The van der Waals surface area contributed by atoms with Crippen molar-refractivity contribution in [3.63, 3.8) is 0 Å². The van der Waals surface area contributed by atoms with Gasteiger partial charge in [0.25, 0.3) is 0 Å². The number of aryl methyl sites for hydroxylation is 1. The summed E-state index contributed by atoms with van der Waals surface area (Å²) >= 11 is 7.56. The van der Waals surface area contributed by atoms with Crippen LogP contribution in [-0.2, 0) is 5.75 Å². The van der Waals surface area contributed by atoms with Crippen LogP contribution in [0.5, 0.6) is 0 Å². The van der Waals surface area contributed by atoms with E-state index < -0.39 is 0 Å². The van der Waals surface area contributed by atoms with Gasteiger partial charge in [-0.15, -0.1) is 0 Å². The molecule has 7 heteroatoms. The minimum Gasteiger partial charge on any atom is -0.340 e. The highest BCUT2D eigenvalue weighted by molar-refractivity contribution is 7.98. The zero-order valence-electron chi connectivity index (χ0n) is 10.7. The molecule has 5 nitrogen and oxygen atoms in total. The first-order chi connectivity index (χ1) is 9.72. The highest BCUT2D eigenvalue weighted by atomic mass is 35.5. The summed E-state index contributed by atoms with van der Waals surface area (Å²) in [6.07, 6.45) is 3.65. The zero-order valence-corrected chi connectivity index (χ0v) is 12.2. The van der Waals surface area contributed by atoms with Crippen LogP contribution in [0.3, 0.4) is 0 Å². The van der Waals surface area contributed by atoms with Crippen LogP contribution in [0.2, 0.25) is 5.02 Å². The Morgan fingerprint density at radius 3 is 3.05 bits per heavy atom. The molecule has 2 heterocycles. The average molecular weight is 307 g/mol. The summed E-state index contributed by atoms with van der Waals surface area (Å²) < 4.78 is 6.92. The van der Waals surface area contributed by atoms with Gasteiger partial charge in [0.15, 0.2) is 11.0 Å². The molecule has 1 aromatic carbocycles. The van der Waals surface area contributed by atoms with Crippen LogP contribution in [0.25, 0.3) is 5.69 Å². The molecule has 0 saturated heterocycles. The highest BCUT2D eigenvalue weighted by Crippen LogP contribution is 2.24. The Kier molecular flexibility index (Phi) is 3.75. The highest BCUT2D eigenvalue weighted by Gasteiger charge is 2.09. The number of nitrogens with zero attached hydrogens (tertiary/aromatic N) is 4. The summed E-state index contributed by atoms with van der Waals surface area (Å²) in [7, 11) is 0. The van der Waals surface area contributed by atoms with E-state index in [0.29, 0.717) is 22.5 Å². The summed E-state index contributed by atoms with van der Waals surface area (Å²) in [5.41, 5.74) is 0.974. The summed E-state index contributed by atoms with van der Waals surface area (Å²) in [5.74, 6) is 1.83. The molecule has 0 N–H and O–H groups in total. The SMILES string of the molecule is Cc1nc(CSc2nccn2-c2cccc(Cl)c2)no1. The number of benzene rings is 1. The Balaban J connectivity index is 1.80. The van der Waals surface area contributed by atoms with Crippen LogP contribution in [0.1, 0.15) is 11.7 Å². The van der Waals surface area contributed by atoms with Crippen LogP contribution in [0.15, 0.2) is 46.3 Å².